The van der Waals surface area contributed by atoms with Gasteiger partial charge in [-0.3, -0.25) is 4.90 Å². The van der Waals surface area contributed by atoms with Crippen LogP contribution in [-0.2, 0) is 25.4 Å². The first kappa shape index (κ1) is 33.0. The van der Waals surface area contributed by atoms with E-state index in [0.29, 0.717) is 45.7 Å². The number of esters is 1. The molecule has 2 aliphatic rings. The van der Waals surface area contributed by atoms with Gasteiger partial charge in [0, 0.05) is 56.5 Å². The van der Waals surface area contributed by atoms with Crippen LogP contribution in [0.2, 0.25) is 0 Å². The van der Waals surface area contributed by atoms with Crippen molar-refractivity contribution in [3.8, 4) is 5.75 Å². The van der Waals surface area contributed by atoms with Crippen LogP contribution in [0.5, 0.6) is 5.75 Å². The lowest BCUT2D eigenvalue weighted by Crippen LogP contribution is -2.47. The van der Waals surface area contributed by atoms with Crippen LogP contribution in [0, 0.1) is 11.6 Å². The molecule has 236 valence electrons. The number of halogens is 3. The third-order valence-corrected chi connectivity index (χ3v) is 7.78. The van der Waals surface area contributed by atoms with E-state index in [0.717, 1.165) is 35.1 Å². The summed E-state index contributed by atoms with van der Waals surface area (Å²) < 4.78 is 67.8. The number of alkyl halides is 1. The zero-order chi connectivity index (χ0) is 31.0. The average molecular weight is 604 g/mol. The second kappa shape index (κ2) is 15.2. The molecule has 43 heavy (non-hydrogen) atoms. The van der Waals surface area contributed by atoms with Crippen LogP contribution in [0.1, 0.15) is 76.1 Å². The lowest BCUT2D eigenvalue weighted by Gasteiger charge is -2.44. The van der Waals surface area contributed by atoms with Crippen molar-refractivity contribution >= 4 is 11.5 Å². The van der Waals surface area contributed by atoms with Gasteiger partial charge >= 0.3 is 5.97 Å². The molecule has 1 aliphatic heterocycles. The van der Waals surface area contributed by atoms with E-state index < -0.39 is 23.3 Å². The minimum absolute atomic E-state index is 0.0464. The molecule has 9 heteroatoms. The summed E-state index contributed by atoms with van der Waals surface area (Å²) in [4.78, 5) is 13.1. The molecule has 0 unspecified atom stereocenters. The van der Waals surface area contributed by atoms with Crippen LogP contribution in [0.25, 0.3) is 5.57 Å². The molecule has 4 rings (SSSR count). The van der Waals surface area contributed by atoms with Crippen molar-refractivity contribution in [2.24, 2.45) is 0 Å². The molecule has 0 N–H and O–H groups in total. The maximum absolute atomic E-state index is 15.8. The second-order valence-corrected chi connectivity index (χ2v) is 11.9. The molecule has 0 saturated carbocycles. The van der Waals surface area contributed by atoms with Gasteiger partial charge in [-0.25, -0.2) is 18.0 Å². The third-order valence-electron chi connectivity index (χ3n) is 7.78. The van der Waals surface area contributed by atoms with Crippen molar-refractivity contribution in [2.75, 3.05) is 46.2 Å². The minimum Gasteiger partial charge on any atom is -0.493 e. The van der Waals surface area contributed by atoms with Crippen LogP contribution >= 0.6 is 0 Å². The molecule has 0 fully saturated rings. The summed E-state index contributed by atoms with van der Waals surface area (Å²) in [5, 5.41) is 0. The zero-order valence-corrected chi connectivity index (χ0v) is 25.7. The Morgan fingerprint density at radius 1 is 1.00 bits per heavy atom. The van der Waals surface area contributed by atoms with Crippen molar-refractivity contribution < 1.29 is 36.9 Å². The first-order valence-electron chi connectivity index (χ1n) is 15.3. The van der Waals surface area contributed by atoms with Gasteiger partial charge in [-0.2, -0.15) is 0 Å². The highest BCUT2D eigenvalue weighted by atomic mass is 19.1. The van der Waals surface area contributed by atoms with E-state index in [2.05, 4.69) is 12.1 Å². The maximum Gasteiger partial charge on any atom is 0.332 e. The number of unbranched alkanes of at least 4 members (excludes halogenated alkanes) is 1. The smallest absolute Gasteiger partial charge is 0.332 e. The highest BCUT2D eigenvalue weighted by molar-refractivity contribution is 5.79. The summed E-state index contributed by atoms with van der Waals surface area (Å²) in [7, 11) is 0. The van der Waals surface area contributed by atoms with Gasteiger partial charge in [0.1, 0.15) is 29.7 Å². The highest BCUT2D eigenvalue weighted by Crippen LogP contribution is 2.50. The molecule has 0 aromatic heterocycles. The molecule has 0 saturated heterocycles. The molecule has 1 heterocycles. The molecular weight excluding hydrogens is 559 g/mol. The van der Waals surface area contributed by atoms with Gasteiger partial charge in [0.2, 0.25) is 0 Å². The van der Waals surface area contributed by atoms with Crippen LogP contribution in [0.15, 0.2) is 42.0 Å². The number of carbonyl (C=O) groups excluding carboxylic acids is 1. The summed E-state index contributed by atoms with van der Waals surface area (Å²) >= 11 is 0. The van der Waals surface area contributed by atoms with Crippen molar-refractivity contribution in [1.82, 2.24) is 4.90 Å². The van der Waals surface area contributed by atoms with Crippen molar-refractivity contribution in [2.45, 2.75) is 77.6 Å². The fourth-order valence-electron chi connectivity index (χ4n) is 5.97. The van der Waals surface area contributed by atoms with Gasteiger partial charge in [0.15, 0.2) is 0 Å². The van der Waals surface area contributed by atoms with Gasteiger partial charge in [-0.05, 0) is 75.7 Å². The fraction of sp³-hybridized carbons (Fsp3) is 0.559. The summed E-state index contributed by atoms with van der Waals surface area (Å²) in [6.45, 7) is 8.77. The predicted molar refractivity (Wildman–Crippen MR) is 160 cm³/mol. The Morgan fingerprint density at radius 3 is 2.37 bits per heavy atom. The van der Waals surface area contributed by atoms with Crippen LogP contribution in [0.3, 0.4) is 0 Å². The largest absolute Gasteiger partial charge is 0.493 e. The van der Waals surface area contributed by atoms with E-state index >= 15 is 8.78 Å². The van der Waals surface area contributed by atoms with Crippen LogP contribution in [-0.4, -0.2) is 68.8 Å². The molecule has 2 aromatic carbocycles. The van der Waals surface area contributed by atoms with Gasteiger partial charge in [0.05, 0.1) is 19.3 Å². The molecule has 6 nitrogen and oxygen atoms in total. The van der Waals surface area contributed by atoms with E-state index in [9.17, 15) is 9.18 Å². The van der Waals surface area contributed by atoms with E-state index in [1.807, 2.05) is 24.0 Å². The summed E-state index contributed by atoms with van der Waals surface area (Å²) in [5.74, 6) is -1.64. The van der Waals surface area contributed by atoms with Gasteiger partial charge < -0.3 is 18.9 Å². The molecule has 0 bridgehead atoms. The Balaban J connectivity index is 1.33. The Bertz CT molecular complexity index is 1250. The predicted octanol–water partition coefficient (Wildman–Crippen LogP) is 7.00. The van der Waals surface area contributed by atoms with Gasteiger partial charge in [0.25, 0.3) is 0 Å². The van der Waals surface area contributed by atoms with E-state index in [1.54, 1.807) is 6.92 Å². The summed E-state index contributed by atoms with van der Waals surface area (Å²) in [5.41, 5.74) is 2.72. The standard InChI is InChI=1S/C34H44F3NO5/c1-5-42-31(39)21-41-14-9-8-13-40-15-10-16-43-25-19-29(35)32(30(36)20-25)33-28-18-24-11-6-7-12-26(24)27(28)17-23(2)38(33)22-34(3,4)37/h6-7,11-12,19-20,23,33H,5,8-10,13-18,21-22H2,1-4H3/t23-,33+/m1/s1. The first-order chi connectivity index (χ1) is 20.6. The monoisotopic (exact) mass is 603 g/mol. The number of rotatable bonds is 16. The van der Waals surface area contributed by atoms with E-state index in [-0.39, 0.29) is 43.1 Å². The van der Waals surface area contributed by atoms with Gasteiger partial charge in [-0.15, -0.1) is 0 Å². The number of hydrogen-bond acceptors (Lipinski definition) is 6. The Labute approximate surface area is 253 Å². The topological polar surface area (TPSA) is 57.2 Å². The third kappa shape index (κ3) is 8.83. The highest BCUT2D eigenvalue weighted by Gasteiger charge is 2.43. The minimum atomic E-state index is -1.54. The number of fused-ring (bicyclic) bond motifs is 2. The number of nitrogens with zero attached hydrogens (tertiary/aromatic N) is 1. The lowest BCUT2D eigenvalue weighted by molar-refractivity contribution is -0.148. The van der Waals surface area contributed by atoms with Crippen LogP contribution in [0.4, 0.5) is 13.2 Å². The Hall–Kier alpha value is -2.88. The zero-order valence-electron chi connectivity index (χ0n) is 25.7. The Morgan fingerprint density at radius 2 is 1.67 bits per heavy atom. The SMILES string of the molecule is CCOC(=O)COCCCCOCCCOc1cc(F)c([C@@H]2C3=C(C[C@@H](C)N2CC(C)(C)F)c2ccccc2C3)c(F)c1. The molecule has 0 radical (unpaired) electrons. The number of ether oxygens (including phenoxy) is 4. The molecule has 2 atom stereocenters. The molecule has 0 spiro atoms. The molecule has 2 aromatic rings. The first-order valence-corrected chi connectivity index (χ1v) is 15.3. The fourth-order valence-corrected chi connectivity index (χ4v) is 5.97. The van der Waals surface area contributed by atoms with E-state index in [4.69, 9.17) is 18.9 Å². The summed E-state index contributed by atoms with van der Waals surface area (Å²) in [6.07, 6.45) is 3.38. The van der Waals surface area contributed by atoms with Crippen LogP contribution < -0.4 is 4.74 Å². The van der Waals surface area contributed by atoms with E-state index in [1.165, 1.54) is 26.0 Å². The second-order valence-electron chi connectivity index (χ2n) is 11.9. The number of benzene rings is 2. The number of carbonyl (C=O) groups is 1. The maximum atomic E-state index is 15.8. The molecule has 1 aliphatic carbocycles. The van der Waals surface area contributed by atoms with Gasteiger partial charge in [-0.1, -0.05) is 24.3 Å². The Kier molecular flexibility index (Phi) is 11.7. The lowest BCUT2D eigenvalue weighted by atomic mass is 9.84. The quantitative estimate of drug-likeness (QED) is 0.152. The molecular formula is C34H44F3NO5. The van der Waals surface area contributed by atoms with Crippen molar-refractivity contribution in [1.29, 1.82) is 0 Å². The summed E-state index contributed by atoms with van der Waals surface area (Å²) in [6, 6.07) is 9.72. The van der Waals surface area contributed by atoms with Crippen molar-refractivity contribution in [3.05, 3.63) is 70.3 Å². The molecule has 0 amide bonds. The normalized spacial score (nSPS) is 18.5. The van der Waals surface area contributed by atoms with Crippen molar-refractivity contribution in [3.63, 3.8) is 0 Å². The number of hydrogen-bond donors (Lipinski definition) is 0. The average Bonchev–Trinajstić information content (AvgIpc) is 3.30.